The standard InChI is InChI=1S/C28H32ClFN6O4/c1-5-16-7-6-8-22(24(16)25(31)37)40-27-18(29)13-32-28(35-27)34-21-12-19(30)17(11-15(21)2)26(38)33-20-9-10-36(3)14-23(20)39-4/h6-8,11-13,20,23H,5,9-10,14H2,1-4H3,(H2,31,37)(H,33,38)(H,32,34,35)/t20?,23-/m0/s1. The first-order valence-corrected chi connectivity index (χ1v) is 13.2. The van der Waals surface area contributed by atoms with Gasteiger partial charge in [-0.25, -0.2) is 9.37 Å². The largest absolute Gasteiger partial charge is 0.437 e. The zero-order valence-electron chi connectivity index (χ0n) is 22.8. The van der Waals surface area contributed by atoms with Crippen molar-refractivity contribution in [2.24, 2.45) is 5.73 Å². The van der Waals surface area contributed by atoms with Crippen molar-refractivity contribution < 1.29 is 23.5 Å². The van der Waals surface area contributed by atoms with Gasteiger partial charge in [0.25, 0.3) is 11.8 Å². The van der Waals surface area contributed by atoms with Gasteiger partial charge in [0.1, 0.15) is 16.6 Å². The highest BCUT2D eigenvalue weighted by Crippen LogP contribution is 2.32. The predicted octanol–water partition coefficient (Wildman–Crippen LogP) is 4.22. The summed E-state index contributed by atoms with van der Waals surface area (Å²) < 4.78 is 26.5. The third kappa shape index (κ3) is 6.49. The van der Waals surface area contributed by atoms with E-state index in [4.69, 9.17) is 26.8 Å². The van der Waals surface area contributed by atoms with E-state index in [9.17, 15) is 9.59 Å². The molecule has 1 fully saturated rings. The molecule has 10 nitrogen and oxygen atoms in total. The molecule has 40 heavy (non-hydrogen) atoms. The van der Waals surface area contributed by atoms with Gasteiger partial charge in [-0.2, -0.15) is 4.98 Å². The summed E-state index contributed by atoms with van der Waals surface area (Å²) in [6.07, 6.45) is 2.41. The second-order valence-electron chi connectivity index (χ2n) is 9.63. The number of halogens is 2. The van der Waals surface area contributed by atoms with E-state index in [1.165, 1.54) is 18.3 Å². The number of likely N-dealkylation sites (N-methyl/N-ethyl adjacent to an activating group) is 1. The molecule has 1 aliphatic rings. The molecule has 1 saturated heterocycles. The first kappa shape index (κ1) is 29.2. The number of amides is 2. The van der Waals surface area contributed by atoms with E-state index in [0.29, 0.717) is 30.6 Å². The Morgan fingerprint density at radius 1 is 1.30 bits per heavy atom. The number of nitrogens with one attached hydrogen (secondary N) is 2. The molecule has 12 heteroatoms. The molecule has 2 atom stereocenters. The van der Waals surface area contributed by atoms with Gasteiger partial charge in [0.15, 0.2) is 0 Å². The van der Waals surface area contributed by atoms with E-state index in [0.717, 1.165) is 12.1 Å². The van der Waals surface area contributed by atoms with Crippen LogP contribution in [0.1, 0.15) is 45.2 Å². The van der Waals surface area contributed by atoms with Crippen LogP contribution in [0.3, 0.4) is 0 Å². The molecular weight excluding hydrogens is 539 g/mol. The van der Waals surface area contributed by atoms with Gasteiger partial charge < -0.3 is 30.7 Å². The number of carbonyl (C=O) groups is 2. The average Bonchev–Trinajstić information content (AvgIpc) is 2.92. The van der Waals surface area contributed by atoms with Crippen LogP contribution in [0.5, 0.6) is 11.6 Å². The lowest BCUT2D eigenvalue weighted by molar-refractivity contribution is 0.0141. The van der Waals surface area contributed by atoms with Crippen LogP contribution >= 0.6 is 11.6 Å². The van der Waals surface area contributed by atoms with Crippen LogP contribution < -0.4 is 21.1 Å². The number of carbonyl (C=O) groups excluding carboxylic acids is 2. The summed E-state index contributed by atoms with van der Waals surface area (Å²) in [5.41, 5.74) is 7.40. The Labute approximate surface area is 237 Å². The predicted molar refractivity (Wildman–Crippen MR) is 150 cm³/mol. The van der Waals surface area contributed by atoms with Gasteiger partial charge in [0, 0.05) is 19.3 Å². The highest BCUT2D eigenvalue weighted by atomic mass is 35.5. The summed E-state index contributed by atoms with van der Waals surface area (Å²) in [6.45, 7) is 5.10. The number of aromatic nitrogens is 2. The smallest absolute Gasteiger partial charge is 0.254 e. The fourth-order valence-electron chi connectivity index (χ4n) is 4.66. The molecule has 1 aromatic heterocycles. The maximum Gasteiger partial charge on any atom is 0.254 e. The molecule has 0 radical (unpaired) electrons. The molecule has 3 aromatic rings. The molecule has 2 aromatic carbocycles. The number of likely N-dealkylation sites (tertiary alicyclic amines) is 1. The minimum atomic E-state index is -0.708. The van der Waals surface area contributed by atoms with E-state index in [2.05, 4.69) is 25.5 Å². The molecule has 2 heterocycles. The van der Waals surface area contributed by atoms with Crippen LogP contribution in [-0.4, -0.2) is 66.1 Å². The van der Waals surface area contributed by atoms with E-state index in [-0.39, 0.29) is 45.9 Å². The summed E-state index contributed by atoms with van der Waals surface area (Å²) in [5.74, 6) is -1.60. The van der Waals surface area contributed by atoms with Crippen molar-refractivity contribution in [1.29, 1.82) is 0 Å². The van der Waals surface area contributed by atoms with Crippen LogP contribution in [0.2, 0.25) is 5.02 Å². The fourth-order valence-corrected chi connectivity index (χ4v) is 4.78. The van der Waals surface area contributed by atoms with Gasteiger partial charge in [-0.3, -0.25) is 9.59 Å². The van der Waals surface area contributed by atoms with Crippen LogP contribution in [0.15, 0.2) is 36.5 Å². The van der Waals surface area contributed by atoms with Gasteiger partial charge >= 0.3 is 0 Å². The molecule has 0 saturated carbocycles. The van der Waals surface area contributed by atoms with Gasteiger partial charge in [-0.05, 0) is 62.7 Å². The summed E-state index contributed by atoms with van der Waals surface area (Å²) in [4.78, 5) is 35.6. The third-order valence-corrected chi connectivity index (χ3v) is 7.10. The van der Waals surface area contributed by atoms with Crippen molar-refractivity contribution in [3.63, 3.8) is 0 Å². The van der Waals surface area contributed by atoms with Crippen LogP contribution in [0.25, 0.3) is 0 Å². The molecular formula is C28H32ClFN6O4. The van der Waals surface area contributed by atoms with Crippen LogP contribution in [0, 0.1) is 12.7 Å². The lowest BCUT2D eigenvalue weighted by atomic mass is 10.0. The number of hydrogen-bond donors (Lipinski definition) is 3. The van der Waals surface area contributed by atoms with E-state index >= 15 is 4.39 Å². The first-order chi connectivity index (χ1) is 19.1. The average molecular weight is 571 g/mol. The molecule has 0 spiro atoms. The zero-order valence-corrected chi connectivity index (χ0v) is 23.5. The number of rotatable bonds is 9. The van der Waals surface area contributed by atoms with Crippen molar-refractivity contribution in [3.8, 4) is 11.6 Å². The van der Waals surface area contributed by atoms with Crippen molar-refractivity contribution in [2.45, 2.75) is 38.8 Å². The molecule has 212 valence electrons. The maximum absolute atomic E-state index is 15.1. The number of anilines is 2. The monoisotopic (exact) mass is 570 g/mol. The van der Waals surface area contributed by atoms with Gasteiger partial charge in [-0.15, -0.1) is 0 Å². The lowest BCUT2D eigenvalue weighted by Gasteiger charge is -2.36. The van der Waals surface area contributed by atoms with Gasteiger partial charge in [0.2, 0.25) is 11.8 Å². The number of primary amides is 1. The molecule has 1 aliphatic heterocycles. The number of piperidine rings is 1. The molecule has 0 aliphatic carbocycles. The van der Waals surface area contributed by atoms with Crippen LogP contribution in [-0.2, 0) is 11.2 Å². The topological polar surface area (TPSA) is 132 Å². The second kappa shape index (κ2) is 12.6. The molecule has 0 bridgehead atoms. The van der Waals surface area contributed by atoms with Crippen molar-refractivity contribution >= 4 is 35.1 Å². The van der Waals surface area contributed by atoms with Gasteiger partial charge in [-0.1, -0.05) is 30.7 Å². The minimum absolute atomic E-state index is 0.0186. The Morgan fingerprint density at radius 3 is 2.77 bits per heavy atom. The molecule has 4 N–H and O–H groups in total. The number of ether oxygens (including phenoxy) is 2. The number of hydrogen-bond acceptors (Lipinski definition) is 8. The van der Waals surface area contributed by atoms with Crippen LogP contribution in [0.4, 0.5) is 16.0 Å². The molecule has 4 rings (SSSR count). The Hall–Kier alpha value is -3.80. The minimum Gasteiger partial charge on any atom is -0.437 e. The summed E-state index contributed by atoms with van der Waals surface area (Å²) >= 11 is 6.27. The maximum atomic E-state index is 15.1. The Kier molecular flexibility index (Phi) is 9.18. The SMILES string of the molecule is CCc1cccc(Oc2nc(Nc3cc(F)c(C(=O)NC4CCN(C)C[C@@H]4OC)cc3C)ncc2Cl)c1C(N)=O. The summed E-state index contributed by atoms with van der Waals surface area (Å²) in [6, 6.07) is 7.57. The second-order valence-corrected chi connectivity index (χ2v) is 10.0. The Balaban J connectivity index is 1.53. The van der Waals surface area contributed by atoms with E-state index in [1.807, 2.05) is 14.0 Å². The number of benzene rings is 2. The first-order valence-electron chi connectivity index (χ1n) is 12.8. The van der Waals surface area contributed by atoms with Crippen molar-refractivity contribution in [1.82, 2.24) is 20.2 Å². The third-order valence-electron chi connectivity index (χ3n) is 6.85. The number of nitrogens with two attached hydrogens (primary N) is 1. The number of methoxy groups -OCH3 is 1. The number of aryl methyl sites for hydroxylation is 2. The highest BCUT2D eigenvalue weighted by molar-refractivity contribution is 6.31. The molecule has 1 unspecified atom stereocenters. The fraction of sp³-hybridized carbons (Fsp3) is 0.357. The van der Waals surface area contributed by atoms with E-state index < -0.39 is 17.6 Å². The Bertz CT molecular complexity index is 1420. The normalized spacial score (nSPS) is 17.4. The van der Waals surface area contributed by atoms with Crippen molar-refractivity contribution in [3.05, 3.63) is 69.6 Å². The zero-order chi connectivity index (χ0) is 29.0. The quantitative estimate of drug-likeness (QED) is 0.348. The lowest BCUT2D eigenvalue weighted by Crippen LogP contribution is -2.53. The van der Waals surface area contributed by atoms with Crippen molar-refractivity contribution in [2.75, 3.05) is 32.6 Å². The summed E-state index contributed by atoms with van der Waals surface area (Å²) in [5, 5.41) is 5.95. The van der Waals surface area contributed by atoms with E-state index in [1.54, 1.807) is 32.2 Å². The Morgan fingerprint density at radius 2 is 2.08 bits per heavy atom. The highest BCUT2D eigenvalue weighted by Gasteiger charge is 2.30. The molecule has 2 amide bonds. The number of nitrogens with zero attached hydrogens (tertiary/aromatic N) is 3. The summed E-state index contributed by atoms with van der Waals surface area (Å²) in [7, 11) is 3.59. The van der Waals surface area contributed by atoms with Gasteiger partial charge in [0.05, 0.1) is 29.5 Å².